The third-order valence-electron chi connectivity index (χ3n) is 3.84. The Kier molecular flexibility index (Phi) is 28.5. The lowest BCUT2D eigenvalue weighted by atomic mass is 10.5. The molecule has 0 N–H and O–H groups in total. The van der Waals surface area contributed by atoms with Crippen molar-refractivity contribution < 1.29 is 52.2 Å². The van der Waals surface area contributed by atoms with Crippen LogP contribution in [0.5, 0.6) is 0 Å². The summed E-state index contributed by atoms with van der Waals surface area (Å²) >= 11 is 0. The van der Waals surface area contributed by atoms with Crippen LogP contribution in [-0.4, -0.2) is 132 Å². The molecule has 0 aliphatic carbocycles. The first-order valence-corrected chi connectivity index (χ1v) is 11.5. The average molecular weight is 495 g/mol. The van der Waals surface area contributed by atoms with Gasteiger partial charge in [0.1, 0.15) is 6.61 Å². The van der Waals surface area contributed by atoms with Gasteiger partial charge in [0.25, 0.3) is 0 Å². The summed E-state index contributed by atoms with van der Waals surface area (Å²) in [5.74, 6) is 2.11. The van der Waals surface area contributed by atoms with Crippen LogP contribution in [0.15, 0.2) is 0 Å². The van der Waals surface area contributed by atoms with Gasteiger partial charge in [-0.2, -0.15) is 0 Å². The Balaban J connectivity index is 3.03. The largest absolute Gasteiger partial charge is 0.469 e. The predicted molar refractivity (Wildman–Crippen MR) is 123 cm³/mol. The minimum atomic E-state index is -0.284. The van der Waals surface area contributed by atoms with E-state index in [4.69, 9.17) is 49.1 Å². The molecular formula is C23H42O11. The number of hydrogen-bond acceptors (Lipinski definition) is 11. The molecule has 0 amide bonds. The Bertz CT molecular complexity index is 457. The average Bonchev–Trinajstić information content (AvgIpc) is 2.85. The Morgan fingerprint density at radius 3 is 1.03 bits per heavy atom. The minimum Gasteiger partial charge on any atom is -0.469 e. The summed E-state index contributed by atoms with van der Waals surface area (Å²) in [6, 6.07) is 0. The molecule has 0 bridgehead atoms. The Morgan fingerprint density at radius 1 is 0.500 bits per heavy atom. The van der Waals surface area contributed by atoms with Crippen molar-refractivity contribution in [1.82, 2.24) is 0 Å². The van der Waals surface area contributed by atoms with Gasteiger partial charge in [-0.15, -0.1) is 6.42 Å². The second-order valence-corrected chi connectivity index (χ2v) is 6.48. The van der Waals surface area contributed by atoms with Crippen LogP contribution in [-0.2, 0) is 52.2 Å². The number of methoxy groups -OCH3 is 1. The lowest BCUT2D eigenvalue weighted by Crippen LogP contribution is -2.15. The van der Waals surface area contributed by atoms with E-state index in [9.17, 15) is 4.79 Å². The molecule has 0 atom stereocenters. The predicted octanol–water partition coefficient (Wildman–Crippen LogP) is 0.332. The first-order valence-electron chi connectivity index (χ1n) is 11.5. The number of rotatable bonds is 28. The zero-order valence-electron chi connectivity index (χ0n) is 20.5. The molecule has 34 heavy (non-hydrogen) atoms. The van der Waals surface area contributed by atoms with Gasteiger partial charge in [0.15, 0.2) is 0 Å². The zero-order chi connectivity index (χ0) is 24.8. The van der Waals surface area contributed by atoms with Gasteiger partial charge in [-0.3, -0.25) is 4.79 Å². The third-order valence-corrected chi connectivity index (χ3v) is 3.84. The van der Waals surface area contributed by atoms with Crippen LogP contribution in [0, 0.1) is 12.3 Å². The van der Waals surface area contributed by atoms with Crippen molar-refractivity contribution in [3.05, 3.63) is 0 Å². The Labute approximate surface area is 203 Å². The quantitative estimate of drug-likeness (QED) is 0.0853. The van der Waals surface area contributed by atoms with Crippen LogP contribution in [0.3, 0.4) is 0 Å². The van der Waals surface area contributed by atoms with Crippen LogP contribution in [0.4, 0.5) is 0 Å². The lowest BCUT2D eigenvalue weighted by Gasteiger charge is -2.08. The third kappa shape index (κ3) is 28.7. The molecule has 0 unspecified atom stereocenters. The van der Waals surface area contributed by atoms with E-state index in [0.717, 1.165) is 0 Å². The normalized spacial score (nSPS) is 10.9. The summed E-state index contributed by atoms with van der Waals surface area (Å²) in [4.78, 5) is 10.9. The fraction of sp³-hybridized carbons (Fsp3) is 0.870. The highest BCUT2D eigenvalue weighted by Crippen LogP contribution is 1.88. The fourth-order valence-electron chi connectivity index (χ4n) is 2.15. The summed E-state index contributed by atoms with van der Waals surface area (Å²) in [7, 11) is 1.35. The number of carbonyl (C=O) groups is 1. The van der Waals surface area contributed by atoms with Gasteiger partial charge in [-0.25, -0.2) is 0 Å². The van der Waals surface area contributed by atoms with Gasteiger partial charge < -0.3 is 47.4 Å². The number of hydrogen-bond donors (Lipinski definition) is 0. The van der Waals surface area contributed by atoms with Crippen LogP contribution in [0.1, 0.15) is 6.42 Å². The van der Waals surface area contributed by atoms with Gasteiger partial charge in [0.05, 0.1) is 126 Å². The summed E-state index contributed by atoms with van der Waals surface area (Å²) < 4.78 is 52.5. The monoisotopic (exact) mass is 494 g/mol. The SMILES string of the molecule is C#CCOCCOCCOCCOCCOCCOCCOCCOCCOCCC(=O)OC. The second kappa shape index (κ2) is 29.7. The van der Waals surface area contributed by atoms with Gasteiger partial charge in [-0.05, 0) is 0 Å². The Morgan fingerprint density at radius 2 is 0.765 bits per heavy atom. The number of terminal acetylenes is 1. The van der Waals surface area contributed by atoms with Crippen LogP contribution in [0.2, 0.25) is 0 Å². The van der Waals surface area contributed by atoms with E-state index in [-0.39, 0.29) is 12.4 Å². The zero-order valence-corrected chi connectivity index (χ0v) is 20.5. The van der Waals surface area contributed by atoms with Crippen LogP contribution < -0.4 is 0 Å². The maximum atomic E-state index is 10.9. The number of carbonyl (C=O) groups excluding carboxylic acids is 1. The van der Waals surface area contributed by atoms with E-state index in [2.05, 4.69) is 10.7 Å². The molecule has 0 aromatic carbocycles. The van der Waals surface area contributed by atoms with E-state index in [0.29, 0.717) is 119 Å². The highest BCUT2D eigenvalue weighted by molar-refractivity contribution is 5.69. The van der Waals surface area contributed by atoms with E-state index in [1.54, 1.807) is 0 Å². The Hall–Kier alpha value is -1.33. The van der Waals surface area contributed by atoms with E-state index in [1.165, 1.54) is 7.11 Å². The molecule has 11 nitrogen and oxygen atoms in total. The summed E-state index contributed by atoms with van der Waals surface area (Å²) in [6.07, 6.45) is 5.31. The second-order valence-electron chi connectivity index (χ2n) is 6.48. The molecule has 0 aromatic heterocycles. The van der Waals surface area contributed by atoms with Crippen molar-refractivity contribution in [2.45, 2.75) is 6.42 Å². The molecule has 0 radical (unpaired) electrons. The number of ether oxygens (including phenoxy) is 10. The molecular weight excluding hydrogens is 452 g/mol. The molecule has 0 spiro atoms. The van der Waals surface area contributed by atoms with E-state index < -0.39 is 0 Å². The van der Waals surface area contributed by atoms with Gasteiger partial charge >= 0.3 is 5.97 Å². The molecule has 0 aromatic rings. The van der Waals surface area contributed by atoms with Crippen molar-refractivity contribution in [1.29, 1.82) is 0 Å². The molecule has 0 rings (SSSR count). The highest BCUT2D eigenvalue weighted by Gasteiger charge is 1.99. The van der Waals surface area contributed by atoms with Crippen LogP contribution >= 0.6 is 0 Å². The molecule has 200 valence electrons. The summed E-state index contributed by atoms with van der Waals surface area (Å²) in [5, 5.41) is 0. The first-order chi connectivity index (χ1) is 16.8. The van der Waals surface area contributed by atoms with Gasteiger partial charge in [0, 0.05) is 0 Å². The minimum absolute atomic E-state index is 0.248. The van der Waals surface area contributed by atoms with Crippen molar-refractivity contribution in [3.63, 3.8) is 0 Å². The molecule has 0 aliphatic heterocycles. The smallest absolute Gasteiger partial charge is 0.307 e. The fourth-order valence-corrected chi connectivity index (χ4v) is 2.15. The maximum absolute atomic E-state index is 10.9. The molecule has 11 heteroatoms. The number of esters is 1. The summed E-state index contributed by atoms with van der Waals surface area (Å²) in [6.45, 7) is 8.52. The molecule has 0 saturated heterocycles. The maximum Gasteiger partial charge on any atom is 0.307 e. The van der Waals surface area contributed by atoms with Crippen LogP contribution in [0.25, 0.3) is 0 Å². The molecule has 0 aliphatic rings. The van der Waals surface area contributed by atoms with E-state index >= 15 is 0 Å². The van der Waals surface area contributed by atoms with Gasteiger partial charge in [0.2, 0.25) is 0 Å². The van der Waals surface area contributed by atoms with Gasteiger partial charge in [-0.1, -0.05) is 5.92 Å². The van der Waals surface area contributed by atoms with Crippen molar-refractivity contribution in [2.24, 2.45) is 0 Å². The molecule has 0 saturated carbocycles. The topological polar surface area (TPSA) is 109 Å². The first kappa shape index (κ1) is 32.7. The lowest BCUT2D eigenvalue weighted by molar-refractivity contribution is -0.141. The standard InChI is InChI=1S/C23H42O11/c1-3-5-26-7-9-28-11-13-30-15-17-32-19-21-34-22-20-33-18-16-31-14-12-29-10-8-27-6-4-23(24)25-2/h1H,4-22H2,2H3. The van der Waals surface area contributed by atoms with E-state index in [1.807, 2.05) is 0 Å². The summed E-state index contributed by atoms with van der Waals surface area (Å²) in [5.41, 5.74) is 0. The van der Waals surface area contributed by atoms with Crippen molar-refractivity contribution >= 4 is 5.97 Å². The van der Waals surface area contributed by atoms with Crippen molar-refractivity contribution in [2.75, 3.05) is 126 Å². The molecule has 0 fully saturated rings. The highest BCUT2D eigenvalue weighted by atomic mass is 16.6. The molecule has 0 heterocycles. The van der Waals surface area contributed by atoms with Crippen molar-refractivity contribution in [3.8, 4) is 12.3 Å².